The molecule has 8 heteroatoms. The first-order valence-electron chi connectivity index (χ1n) is 8.45. The van der Waals surface area contributed by atoms with Crippen molar-refractivity contribution in [2.75, 3.05) is 7.11 Å². The molecule has 0 saturated carbocycles. The zero-order valence-corrected chi connectivity index (χ0v) is 14.6. The Bertz CT molecular complexity index is 956. The van der Waals surface area contributed by atoms with Crippen molar-refractivity contribution < 1.29 is 19.2 Å². The third kappa shape index (κ3) is 2.79. The summed E-state index contributed by atoms with van der Waals surface area (Å²) in [5.41, 5.74) is 1.31. The number of rotatable bonds is 4. The number of imide groups is 1. The molecule has 0 bridgehead atoms. The van der Waals surface area contributed by atoms with Gasteiger partial charge in [-0.2, -0.15) is 0 Å². The molecular formula is C19H17N3O5. The number of amides is 3. The van der Waals surface area contributed by atoms with Crippen LogP contribution < -0.4 is 10.1 Å². The summed E-state index contributed by atoms with van der Waals surface area (Å²) in [6.45, 7) is 0.160. The average molecular weight is 367 g/mol. The van der Waals surface area contributed by atoms with Crippen molar-refractivity contribution in [1.29, 1.82) is 0 Å². The summed E-state index contributed by atoms with van der Waals surface area (Å²) in [7, 11) is 1.57. The van der Waals surface area contributed by atoms with E-state index in [0.717, 1.165) is 16.7 Å². The van der Waals surface area contributed by atoms with Crippen LogP contribution in [0.1, 0.15) is 16.7 Å². The van der Waals surface area contributed by atoms with Crippen LogP contribution in [0.5, 0.6) is 5.75 Å². The Labute approximate surface area is 154 Å². The molecule has 1 aliphatic carbocycles. The van der Waals surface area contributed by atoms with E-state index in [1.807, 2.05) is 0 Å². The Hall–Kier alpha value is -3.42. The van der Waals surface area contributed by atoms with Gasteiger partial charge in [-0.1, -0.05) is 18.2 Å². The van der Waals surface area contributed by atoms with Gasteiger partial charge in [0, 0.05) is 25.0 Å². The van der Waals surface area contributed by atoms with Gasteiger partial charge in [-0.15, -0.1) is 0 Å². The number of ether oxygens (including phenoxy) is 1. The molecular weight excluding hydrogens is 350 g/mol. The van der Waals surface area contributed by atoms with Crippen molar-refractivity contribution in [3.05, 3.63) is 69.3 Å². The molecule has 27 heavy (non-hydrogen) atoms. The zero-order chi connectivity index (χ0) is 19.2. The lowest BCUT2D eigenvalue weighted by atomic mass is 9.96. The lowest BCUT2D eigenvalue weighted by Gasteiger charge is -2.20. The van der Waals surface area contributed by atoms with E-state index in [2.05, 4.69) is 5.32 Å². The Morgan fingerprint density at radius 1 is 1.15 bits per heavy atom. The number of non-ortho nitro benzene ring substituents is 1. The van der Waals surface area contributed by atoms with Gasteiger partial charge in [0.1, 0.15) is 11.3 Å². The number of carbonyl (C=O) groups is 2. The van der Waals surface area contributed by atoms with Crippen LogP contribution in [0, 0.1) is 10.1 Å². The van der Waals surface area contributed by atoms with Gasteiger partial charge in [-0.25, -0.2) is 4.79 Å². The number of nitrogens with zero attached hydrogens (tertiary/aromatic N) is 2. The van der Waals surface area contributed by atoms with Gasteiger partial charge in [0.2, 0.25) is 0 Å². The van der Waals surface area contributed by atoms with E-state index in [0.29, 0.717) is 12.2 Å². The van der Waals surface area contributed by atoms with Gasteiger partial charge in [-0.05, 0) is 28.8 Å². The Balaban J connectivity index is 1.56. The molecule has 1 N–H and O–H groups in total. The highest BCUT2D eigenvalue weighted by atomic mass is 16.6. The fourth-order valence-electron chi connectivity index (χ4n) is 3.75. The maximum atomic E-state index is 13.0. The molecule has 1 fully saturated rings. The fraction of sp³-hybridized carbons (Fsp3) is 0.263. The molecule has 0 aromatic heterocycles. The smallest absolute Gasteiger partial charge is 0.325 e. The minimum Gasteiger partial charge on any atom is -0.497 e. The summed E-state index contributed by atoms with van der Waals surface area (Å²) >= 11 is 0. The summed E-state index contributed by atoms with van der Waals surface area (Å²) in [4.78, 5) is 37.2. The number of nitro groups is 1. The quantitative estimate of drug-likeness (QED) is 0.507. The SMILES string of the molecule is COc1ccc(CN2C(=O)NC3(Cc4ccc([N+](=O)[O-])cc4C3)C2=O)cc1. The summed E-state index contributed by atoms with van der Waals surface area (Å²) in [6, 6.07) is 11.3. The predicted molar refractivity (Wildman–Crippen MR) is 95.3 cm³/mol. The normalized spacial score (nSPS) is 20.7. The van der Waals surface area contributed by atoms with E-state index in [9.17, 15) is 19.7 Å². The van der Waals surface area contributed by atoms with E-state index in [4.69, 9.17) is 4.74 Å². The number of nitro benzene ring substituents is 1. The number of hydrogen-bond donors (Lipinski definition) is 1. The van der Waals surface area contributed by atoms with Crippen molar-refractivity contribution in [2.24, 2.45) is 0 Å². The van der Waals surface area contributed by atoms with E-state index in [-0.39, 0.29) is 24.6 Å². The van der Waals surface area contributed by atoms with Crippen LogP contribution in [0.3, 0.4) is 0 Å². The second-order valence-corrected chi connectivity index (χ2v) is 6.82. The molecule has 4 rings (SSSR count). The summed E-state index contributed by atoms with van der Waals surface area (Å²) in [5, 5.41) is 13.8. The maximum absolute atomic E-state index is 13.0. The standard InChI is InChI=1S/C19H17N3O5/c1-27-16-6-2-12(3-7-16)11-21-17(23)19(20-18(21)24)9-13-4-5-15(22(25)26)8-14(13)10-19/h2-8H,9-11H2,1H3,(H,20,24). The molecule has 2 aromatic rings. The highest BCUT2D eigenvalue weighted by molar-refractivity contribution is 6.07. The maximum Gasteiger partial charge on any atom is 0.325 e. The van der Waals surface area contributed by atoms with Crippen molar-refractivity contribution in [3.8, 4) is 5.75 Å². The molecule has 138 valence electrons. The van der Waals surface area contributed by atoms with Crippen molar-refractivity contribution in [3.63, 3.8) is 0 Å². The van der Waals surface area contributed by atoms with Crippen LogP contribution in [-0.4, -0.2) is 34.4 Å². The van der Waals surface area contributed by atoms with Crippen LogP contribution >= 0.6 is 0 Å². The van der Waals surface area contributed by atoms with Gasteiger partial charge in [-0.3, -0.25) is 19.8 Å². The number of methoxy groups -OCH3 is 1. The molecule has 1 unspecified atom stereocenters. The Kier molecular flexibility index (Phi) is 3.83. The number of nitrogens with one attached hydrogen (secondary N) is 1. The van der Waals surface area contributed by atoms with Crippen molar-refractivity contribution in [1.82, 2.24) is 10.2 Å². The molecule has 8 nitrogen and oxygen atoms in total. The predicted octanol–water partition coefficient (Wildman–Crippen LogP) is 2.19. The number of urea groups is 1. The first-order chi connectivity index (χ1) is 12.9. The molecule has 1 saturated heterocycles. The largest absolute Gasteiger partial charge is 0.497 e. The number of fused-ring (bicyclic) bond motifs is 1. The molecule has 2 aliphatic rings. The van der Waals surface area contributed by atoms with Crippen LogP contribution in [0.15, 0.2) is 42.5 Å². The van der Waals surface area contributed by atoms with Gasteiger partial charge in [0.05, 0.1) is 18.6 Å². The molecule has 1 spiro atoms. The molecule has 1 atom stereocenters. The van der Waals surface area contributed by atoms with Crippen LogP contribution in [-0.2, 0) is 24.2 Å². The van der Waals surface area contributed by atoms with E-state index in [1.165, 1.54) is 17.0 Å². The second-order valence-electron chi connectivity index (χ2n) is 6.82. The zero-order valence-electron chi connectivity index (χ0n) is 14.6. The van der Waals surface area contributed by atoms with E-state index in [1.54, 1.807) is 37.4 Å². The topological polar surface area (TPSA) is 102 Å². The first kappa shape index (κ1) is 17.0. The number of hydrogen-bond acceptors (Lipinski definition) is 5. The van der Waals surface area contributed by atoms with Gasteiger partial charge < -0.3 is 10.1 Å². The molecule has 2 aromatic carbocycles. The fourth-order valence-corrected chi connectivity index (χ4v) is 3.75. The molecule has 1 aliphatic heterocycles. The number of benzene rings is 2. The van der Waals surface area contributed by atoms with Gasteiger partial charge >= 0.3 is 6.03 Å². The lowest BCUT2D eigenvalue weighted by Crippen LogP contribution is -2.47. The molecule has 3 amide bonds. The molecule has 0 radical (unpaired) electrons. The van der Waals surface area contributed by atoms with Gasteiger partial charge in [0.15, 0.2) is 0 Å². The monoisotopic (exact) mass is 367 g/mol. The van der Waals surface area contributed by atoms with E-state index >= 15 is 0 Å². The highest BCUT2D eigenvalue weighted by Gasteiger charge is 2.54. The van der Waals surface area contributed by atoms with Crippen LogP contribution in [0.2, 0.25) is 0 Å². The number of carbonyl (C=O) groups excluding carboxylic acids is 2. The first-order valence-corrected chi connectivity index (χ1v) is 8.45. The minimum absolute atomic E-state index is 0.0161. The highest BCUT2D eigenvalue weighted by Crippen LogP contribution is 2.37. The summed E-state index contributed by atoms with van der Waals surface area (Å²) < 4.78 is 5.11. The third-order valence-electron chi connectivity index (χ3n) is 5.13. The van der Waals surface area contributed by atoms with Crippen LogP contribution in [0.4, 0.5) is 10.5 Å². The van der Waals surface area contributed by atoms with Crippen molar-refractivity contribution >= 4 is 17.6 Å². The Morgan fingerprint density at radius 3 is 2.52 bits per heavy atom. The van der Waals surface area contributed by atoms with Crippen molar-refractivity contribution in [2.45, 2.75) is 24.9 Å². The molecule has 1 heterocycles. The summed E-state index contributed by atoms with van der Waals surface area (Å²) in [6.07, 6.45) is 0.595. The van der Waals surface area contributed by atoms with Gasteiger partial charge in [0.25, 0.3) is 11.6 Å². The average Bonchev–Trinajstić information content (AvgIpc) is 3.13. The van der Waals surface area contributed by atoms with E-state index < -0.39 is 16.5 Å². The van der Waals surface area contributed by atoms with Crippen LogP contribution in [0.25, 0.3) is 0 Å². The lowest BCUT2D eigenvalue weighted by molar-refractivity contribution is -0.384. The second kappa shape index (κ2) is 6.08. The summed E-state index contributed by atoms with van der Waals surface area (Å²) in [5.74, 6) is 0.391. The third-order valence-corrected chi connectivity index (χ3v) is 5.13. The minimum atomic E-state index is -1.05. The Morgan fingerprint density at radius 2 is 1.85 bits per heavy atom.